The van der Waals surface area contributed by atoms with Crippen LogP contribution in [0.1, 0.15) is 11.1 Å². The van der Waals surface area contributed by atoms with Gasteiger partial charge in [0.05, 0.1) is 18.4 Å². The van der Waals surface area contributed by atoms with Crippen LogP contribution in [-0.2, 0) is 6.54 Å². The number of fused-ring (bicyclic) bond motifs is 1. The Labute approximate surface area is 113 Å². The third kappa shape index (κ3) is 2.06. The second-order valence-corrected chi connectivity index (χ2v) is 5.25. The summed E-state index contributed by atoms with van der Waals surface area (Å²) < 4.78 is 15.7. The molecule has 0 radical (unpaired) electrons. The molecule has 0 aliphatic rings. The number of thiophene rings is 1. The van der Waals surface area contributed by atoms with Gasteiger partial charge in [-0.1, -0.05) is 18.2 Å². The predicted molar refractivity (Wildman–Crippen MR) is 74.1 cm³/mol. The van der Waals surface area contributed by atoms with Crippen LogP contribution in [0.5, 0.6) is 0 Å². The number of rotatable bonds is 2. The van der Waals surface area contributed by atoms with Gasteiger partial charge < -0.3 is 0 Å². The Morgan fingerprint density at radius 3 is 2.95 bits per heavy atom. The maximum absolute atomic E-state index is 13.6. The lowest BCUT2D eigenvalue weighted by atomic mass is 10.2. The molecule has 0 aliphatic heterocycles. The molecule has 0 saturated heterocycles. The number of aromatic nitrogens is 2. The summed E-state index contributed by atoms with van der Waals surface area (Å²) >= 11 is 1.38. The Hall–Kier alpha value is -2.01. The third-order valence-electron chi connectivity index (χ3n) is 3.02. The lowest BCUT2D eigenvalue weighted by Gasteiger charge is -2.06. The van der Waals surface area contributed by atoms with Crippen molar-refractivity contribution in [1.29, 1.82) is 0 Å². The lowest BCUT2D eigenvalue weighted by molar-refractivity contribution is 0.595. The van der Waals surface area contributed by atoms with Crippen LogP contribution in [0, 0.1) is 12.7 Å². The van der Waals surface area contributed by atoms with Crippen LogP contribution in [0.25, 0.3) is 10.2 Å². The van der Waals surface area contributed by atoms with Crippen LogP contribution in [0.15, 0.2) is 40.8 Å². The molecular weight excluding hydrogens is 263 g/mol. The number of aryl methyl sites for hydroxylation is 1. The molecule has 19 heavy (non-hydrogen) atoms. The zero-order valence-corrected chi connectivity index (χ0v) is 11.1. The van der Waals surface area contributed by atoms with Crippen molar-refractivity contribution in [3.05, 3.63) is 63.3 Å². The van der Waals surface area contributed by atoms with E-state index in [1.54, 1.807) is 18.2 Å². The molecule has 0 N–H and O–H groups in total. The van der Waals surface area contributed by atoms with Crippen LogP contribution in [0.2, 0.25) is 0 Å². The minimum absolute atomic E-state index is 0.119. The van der Waals surface area contributed by atoms with Crippen molar-refractivity contribution in [2.45, 2.75) is 13.5 Å². The fraction of sp³-hybridized carbons (Fsp3) is 0.143. The van der Waals surface area contributed by atoms with E-state index in [1.807, 2.05) is 12.3 Å². The molecule has 3 rings (SSSR count). The molecule has 1 aromatic carbocycles. The van der Waals surface area contributed by atoms with E-state index in [9.17, 15) is 9.18 Å². The van der Waals surface area contributed by atoms with Crippen LogP contribution >= 0.6 is 11.3 Å². The maximum atomic E-state index is 13.6. The van der Waals surface area contributed by atoms with E-state index < -0.39 is 0 Å². The summed E-state index contributed by atoms with van der Waals surface area (Å²) in [6, 6.07) is 6.45. The Morgan fingerprint density at radius 2 is 2.16 bits per heavy atom. The first-order valence-electron chi connectivity index (χ1n) is 5.83. The smallest absolute Gasteiger partial charge is 0.271 e. The molecule has 96 valence electrons. The fourth-order valence-electron chi connectivity index (χ4n) is 1.98. The van der Waals surface area contributed by atoms with Crippen molar-refractivity contribution < 1.29 is 4.39 Å². The average Bonchev–Trinajstić information content (AvgIpc) is 2.78. The maximum Gasteiger partial charge on any atom is 0.271 e. The van der Waals surface area contributed by atoms with Crippen molar-refractivity contribution in [3.8, 4) is 0 Å². The minimum atomic E-state index is -0.308. The summed E-state index contributed by atoms with van der Waals surface area (Å²) in [4.78, 5) is 16.5. The van der Waals surface area contributed by atoms with Crippen LogP contribution in [-0.4, -0.2) is 9.55 Å². The van der Waals surface area contributed by atoms with Gasteiger partial charge in [-0.05, 0) is 23.9 Å². The first-order chi connectivity index (χ1) is 9.16. The Bertz CT molecular complexity index is 807. The van der Waals surface area contributed by atoms with Crippen molar-refractivity contribution in [2.75, 3.05) is 0 Å². The summed E-state index contributed by atoms with van der Waals surface area (Å²) in [5, 5.41) is 1.91. The van der Waals surface area contributed by atoms with E-state index in [0.717, 1.165) is 11.1 Å². The van der Waals surface area contributed by atoms with Crippen LogP contribution < -0.4 is 5.56 Å². The molecule has 0 amide bonds. The van der Waals surface area contributed by atoms with Gasteiger partial charge in [-0.3, -0.25) is 9.36 Å². The zero-order chi connectivity index (χ0) is 13.4. The largest absolute Gasteiger partial charge is 0.293 e. The van der Waals surface area contributed by atoms with E-state index >= 15 is 0 Å². The van der Waals surface area contributed by atoms with Gasteiger partial charge in [0.25, 0.3) is 5.56 Å². The van der Waals surface area contributed by atoms with E-state index in [1.165, 1.54) is 28.3 Å². The van der Waals surface area contributed by atoms with E-state index in [4.69, 9.17) is 0 Å². The number of hydrogen-bond acceptors (Lipinski definition) is 3. The number of benzene rings is 1. The topological polar surface area (TPSA) is 34.9 Å². The third-order valence-corrected chi connectivity index (χ3v) is 4.10. The van der Waals surface area contributed by atoms with Gasteiger partial charge in [-0.15, -0.1) is 11.3 Å². The second-order valence-electron chi connectivity index (χ2n) is 4.37. The van der Waals surface area contributed by atoms with E-state index in [-0.39, 0.29) is 17.9 Å². The summed E-state index contributed by atoms with van der Waals surface area (Å²) in [7, 11) is 0. The molecule has 0 unspecified atom stereocenters. The van der Waals surface area contributed by atoms with Gasteiger partial charge in [-0.25, -0.2) is 9.37 Å². The number of nitrogens with zero attached hydrogens (tertiary/aromatic N) is 2. The quantitative estimate of drug-likeness (QED) is 0.720. The van der Waals surface area contributed by atoms with Crippen molar-refractivity contribution in [1.82, 2.24) is 9.55 Å². The van der Waals surface area contributed by atoms with Crippen LogP contribution in [0.4, 0.5) is 4.39 Å². The number of hydrogen-bond donors (Lipinski definition) is 0. The predicted octanol–water partition coefficient (Wildman–Crippen LogP) is 2.95. The minimum Gasteiger partial charge on any atom is -0.293 e. The molecule has 3 aromatic rings. The highest BCUT2D eigenvalue weighted by atomic mass is 32.1. The summed E-state index contributed by atoms with van der Waals surface area (Å²) in [6.07, 6.45) is 1.48. The summed E-state index contributed by atoms with van der Waals surface area (Å²) in [5.41, 5.74) is 2.10. The highest BCUT2D eigenvalue weighted by molar-refractivity contribution is 7.17. The first kappa shape index (κ1) is 12.0. The summed E-state index contributed by atoms with van der Waals surface area (Å²) in [5.74, 6) is -0.308. The molecule has 3 nitrogen and oxygen atoms in total. The van der Waals surface area contributed by atoms with Crippen molar-refractivity contribution >= 4 is 21.6 Å². The van der Waals surface area contributed by atoms with E-state index in [0.29, 0.717) is 10.3 Å². The molecule has 0 bridgehead atoms. The summed E-state index contributed by atoms with van der Waals surface area (Å²) in [6.45, 7) is 2.12. The second kappa shape index (κ2) is 4.59. The van der Waals surface area contributed by atoms with Crippen molar-refractivity contribution in [3.63, 3.8) is 0 Å². The molecular formula is C14H11FN2OS. The zero-order valence-electron chi connectivity index (χ0n) is 10.3. The normalized spacial score (nSPS) is 11.1. The molecule has 2 heterocycles. The molecule has 0 fully saturated rings. The molecule has 2 aromatic heterocycles. The fourth-order valence-corrected chi connectivity index (χ4v) is 2.93. The van der Waals surface area contributed by atoms with Crippen LogP contribution in [0.3, 0.4) is 0 Å². The molecule has 0 saturated carbocycles. The SMILES string of the molecule is Cc1csc2c(=O)n(Cc3ccccc3F)cnc12. The van der Waals surface area contributed by atoms with Gasteiger partial charge in [0.2, 0.25) is 0 Å². The molecule has 0 spiro atoms. The monoisotopic (exact) mass is 274 g/mol. The highest BCUT2D eigenvalue weighted by Crippen LogP contribution is 2.19. The van der Waals surface area contributed by atoms with Gasteiger partial charge in [0, 0.05) is 5.56 Å². The van der Waals surface area contributed by atoms with Gasteiger partial charge in [0.1, 0.15) is 10.5 Å². The Morgan fingerprint density at radius 1 is 1.37 bits per heavy atom. The lowest BCUT2D eigenvalue weighted by Crippen LogP contribution is -2.20. The standard InChI is InChI=1S/C14H11FN2OS/c1-9-7-19-13-12(9)16-8-17(14(13)18)6-10-4-2-3-5-11(10)15/h2-5,7-8H,6H2,1H3. The molecule has 5 heteroatoms. The van der Waals surface area contributed by atoms with E-state index in [2.05, 4.69) is 4.98 Å². The average molecular weight is 274 g/mol. The van der Waals surface area contributed by atoms with Gasteiger partial charge >= 0.3 is 0 Å². The van der Waals surface area contributed by atoms with Gasteiger partial charge in [0.15, 0.2) is 0 Å². The Balaban J connectivity index is 2.09. The molecule has 0 aliphatic carbocycles. The first-order valence-corrected chi connectivity index (χ1v) is 6.71. The van der Waals surface area contributed by atoms with Gasteiger partial charge in [-0.2, -0.15) is 0 Å². The Kier molecular flexibility index (Phi) is 2.91. The number of halogens is 1. The van der Waals surface area contributed by atoms with Crippen molar-refractivity contribution in [2.24, 2.45) is 0 Å². The highest BCUT2D eigenvalue weighted by Gasteiger charge is 2.09. The molecule has 0 atom stereocenters.